The Morgan fingerprint density at radius 3 is 2.14 bits per heavy atom. The summed E-state index contributed by atoms with van der Waals surface area (Å²) in [5.41, 5.74) is 4.76. The van der Waals surface area contributed by atoms with Crippen LogP contribution in [0.2, 0.25) is 0 Å². The molecule has 3 rings (SSSR count). The Labute approximate surface area is 207 Å². The first-order chi connectivity index (χ1) is 16.6. The molecule has 0 heterocycles. The fourth-order valence-corrected chi connectivity index (χ4v) is 5.40. The Hall–Kier alpha value is -3.52. The molecule has 1 atom stereocenters. The van der Waals surface area contributed by atoms with Gasteiger partial charge in [0.15, 0.2) is 11.5 Å². The van der Waals surface area contributed by atoms with E-state index < -0.39 is 15.9 Å². The summed E-state index contributed by atoms with van der Waals surface area (Å²) in [6, 6.07) is 16.8. The number of hydrogen-bond acceptors (Lipinski definition) is 5. The van der Waals surface area contributed by atoms with Crippen molar-refractivity contribution in [3.05, 3.63) is 82.9 Å². The van der Waals surface area contributed by atoms with Crippen LogP contribution in [0.4, 0.5) is 5.69 Å². The number of methoxy groups -OCH3 is 2. The van der Waals surface area contributed by atoms with Crippen molar-refractivity contribution in [1.82, 2.24) is 5.32 Å². The number of amides is 1. The Morgan fingerprint density at radius 1 is 0.886 bits per heavy atom. The van der Waals surface area contributed by atoms with Gasteiger partial charge in [0, 0.05) is 6.07 Å². The molecule has 1 N–H and O–H groups in total. The summed E-state index contributed by atoms with van der Waals surface area (Å²) < 4.78 is 39.0. The van der Waals surface area contributed by atoms with Gasteiger partial charge in [-0.3, -0.25) is 9.10 Å². The molecule has 0 spiro atoms. The average molecular weight is 497 g/mol. The van der Waals surface area contributed by atoms with E-state index in [9.17, 15) is 13.2 Å². The summed E-state index contributed by atoms with van der Waals surface area (Å²) >= 11 is 0. The molecule has 35 heavy (non-hydrogen) atoms. The Morgan fingerprint density at radius 2 is 1.51 bits per heavy atom. The Kier molecular flexibility index (Phi) is 8.07. The molecule has 1 amide bonds. The van der Waals surface area contributed by atoms with Gasteiger partial charge in [-0.1, -0.05) is 30.3 Å². The molecular weight excluding hydrogens is 464 g/mol. The van der Waals surface area contributed by atoms with Crippen molar-refractivity contribution < 1.29 is 22.7 Å². The summed E-state index contributed by atoms with van der Waals surface area (Å²) in [4.78, 5) is 13.1. The Balaban J connectivity index is 1.93. The highest BCUT2D eigenvalue weighted by molar-refractivity contribution is 7.92. The molecule has 0 radical (unpaired) electrons. The van der Waals surface area contributed by atoms with E-state index in [2.05, 4.69) is 17.4 Å². The molecular formula is C27H32N2O5S. The minimum atomic E-state index is -4.09. The van der Waals surface area contributed by atoms with E-state index in [1.807, 2.05) is 27.7 Å². The lowest BCUT2D eigenvalue weighted by Gasteiger charge is -2.26. The maximum atomic E-state index is 13.7. The molecule has 0 fully saturated rings. The fraction of sp³-hybridized carbons (Fsp3) is 0.296. The van der Waals surface area contributed by atoms with Crippen LogP contribution in [0.1, 0.15) is 35.2 Å². The van der Waals surface area contributed by atoms with Gasteiger partial charge in [0.05, 0.1) is 30.8 Å². The van der Waals surface area contributed by atoms with Crippen molar-refractivity contribution in [1.29, 1.82) is 0 Å². The number of nitrogens with one attached hydrogen (secondary N) is 1. The standard InChI is InChI=1S/C27H32N2O5S/c1-18-14-20(3)24(15-19(18)2)21(4)28-27(30)17-29(22-10-8-7-9-11-22)35(31,32)23-12-13-25(33-5)26(16-23)34-6/h7-16,21H,17H2,1-6H3,(H,28,30). The van der Waals surface area contributed by atoms with Crippen LogP contribution >= 0.6 is 0 Å². The molecule has 1 unspecified atom stereocenters. The number of nitrogens with zero attached hydrogens (tertiary/aromatic N) is 1. The van der Waals surface area contributed by atoms with Gasteiger partial charge < -0.3 is 14.8 Å². The number of aryl methyl sites for hydroxylation is 3. The fourth-order valence-electron chi connectivity index (χ4n) is 3.96. The van der Waals surface area contributed by atoms with E-state index in [-0.39, 0.29) is 23.2 Å². The van der Waals surface area contributed by atoms with E-state index in [1.165, 1.54) is 38.0 Å². The summed E-state index contributed by atoms with van der Waals surface area (Å²) in [7, 11) is -1.18. The highest BCUT2D eigenvalue weighted by atomic mass is 32.2. The number of carbonyl (C=O) groups is 1. The smallest absolute Gasteiger partial charge is 0.264 e. The summed E-state index contributed by atoms with van der Waals surface area (Å²) in [6.07, 6.45) is 0. The zero-order valence-electron chi connectivity index (χ0n) is 21.0. The second-order valence-electron chi connectivity index (χ2n) is 8.45. The average Bonchev–Trinajstić information content (AvgIpc) is 2.84. The molecule has 8 heteroatoms. The molecule has 186 valence electrons. The van der Waals surface area contributed by atoms with Gasteiger partial charge in [-0.2, -0.15) is 0 Å². The predicted octanol–water partition coefficient (Wildman–Crippen LogP) is 4.70. The number of carbonyl (C=O) groups excluding carboxylic acids is 1. The third kappa shape index (κ3) is 5.77. The number of sulfonamides is 1. The highest BCUT2D eigenvalue weighted by Crippen LogP contribution is 2.32. The van der Waals surface area contributed by atoms with Crippen LogP contribution in [0, 0.1) is 20.8 Å². The van der Waals surface area contributed by atoms with Crippen molar-refractivity contribution >= 4 is 21.6 Å². The number of benzene rings is 3. The first-order valence-corrected chi connectivity index (χ1v) is 12.7. The van der Waals surface area contributed by atoms with Gasteiger partial charge in [0.1, 0.15) is 6.54 Å². The van der Waals surface area contributed by atoms with Crippen molar-refractivity contribution in [3.63, 3.8) is 0 Å². The van der Waals surface area contributed by atoms with E-state index in [4.69, 9.17) is 9.47 Å². The number of anilines is 1. The Bertz CT molecular complexity index is 1310. The predicted molar refractivity (Wildman–Crippen MR) is 138 cm³/mol. The lowest BCUT2D eigenvalue weighted by molar-refractivity contribution is -0.120. The van der Waals surface area contributed by atoms with E-state index in [0.717, 1.165) is 21.0 Å². The number of para-hydroxylation sites is 1. The van der Waals surface area contributed by atoms with Gasteiger partial charge in [-0.05, 0) is 74.2 Å². The van der Waals surface area contributed by atoms with Crippen LogP contribution in [0.25, 0.3) is 0 Å². The molecule has 0 aliphatic carbocycles. The number of hydrogen-bond donors (Lipinski definition) is 1. The van der Waals surface area contributed by atoms with Crippen LogP contribution in [0.5, 0.6) is 11.5 Å². The van der Waals surface area contributed by atoms with Crippen LogP contribution in [-0.2, 0) is 14.8 Å². The lowest BCUT2D eigenvalue weighted by Crippen LogP contribution is -2.41. The second kappa shape index (κ2) is 10.8. The third-order valence-corrected chi connectivity index (χ3v) is 7.77. The van der Waals surface area contributed by atoms with E-state index >= 15 is 0 Å². The molecule has 3 aromatic rings. The van der Waals surface area contributed by atoms with Crippen molar-refractivity contribution in [2.24, 2.45) is 0 Å². The monoisotopic (exact) mass is 496 g/mol. The van der Waals surface area contributed by atoms with Crippen LogP contribution in [0.3, 0.4) is 0 Å². The summed E-state index contributed by atoms with van der Waals surface area (Å²) in [5.74, 6) is 0.279. The van der Waals surface area contributed by atoms with Crippen molar-refractivity contribution in [2.45, 2.75) is 38.6 Å². The first-order valence-electron chi connectivity index (χ1n) is 11.3. The molecule has 0 aliphatic heterocycles. The molecule has 0 bridgehead atoms. The van der Waals surface area contributed by atoms with Crippen LogP contribution in [0.15, 0.2) is 65.6 Å². The van der Waals surface area contributed by atoms with Gasteiger partial charge >= 0.3 is 0 Å². The maximum Gasteiger partial charge on any atom is 0.264 e. The van der Waals surface area contributed by atoms with Crippen LogP contribution < -0.4 is 19.1 Å². The number of rotatable bonds is 9. The minimum absolute atomic E-state index is 0.00939. The zero-order chi connectivity index (χ0) is 25.8. The zero-order valence-corrected chi connectivity index (χ0v) is 21.8. The SMILES string of the molecule is COc1ccc(S(=O)(=O)N(CC(=O)NC(C)c2cc(C)c(C)cc2C)c2ccccc2)cc1OC. The van der Waals surface area contributed by atoms with Gasteiger partial charge in [0.25, 0.3) is 10.0 Å². The van der Waals surface area contributed by atoms with Crippen molar-refractivity contribution in [2.75, 3.05) is 25.1 Å². The van der Waals surface area contributed by atoms with Crippen LogP contribution in [-0.4, -0.2) is 35.1 Å². The molecule has 0 saturated heterocycles. The molecule has 0 aliphatic rings. The summed E-state index contributed by atoms with van der Waals surface area (Å²) in [5, 5.41) is 2.96. The third-order valence-electron chi connectivity index (χ3n) is 6.00. The summed E-state index contributed by atoms with van der Waals surface area (Å²) in [6.45, 7) is 7.59. The topological polar surface area (TPSA) is 84.9 Å². The lowest BCUT2D eigenvalue weighted by atomic mass is 9.96. The van der Waals surface area contributed by atoms with E-state index in [0.29, 0.717) is 11.4 Å². The van der Waals surface area contributed by atoms with Gasteiger partial charge in [-0.25, -0.2) is 8.42 Å². The minimum Gasteiger partial charge on any atom is -0.493 e. The molecule has 0 saturated carbocycles. The largest absolute Gasteiger partial charge is 0.493 e. The van der Waals surface area contributed by atoms with E-state index in [1.54, 1.807) is 30.3 Å². The van der Waals surface area contributed by atoms with Gasteiger partial charge in [0.2, 0.25) is 5.91 Å². The maximum absolute atomic E-state index is 13.7. The van der Waals surface area contributed by atoms with Crippen molar-refractivity contribution in [3.8, 4) is 11.5 Å². The molecule has 0 aromatic heterocycles. The quantitative estimate of drug-likeness (QED) is 0.464. The first kappa shape index (κ1) is 26.1. The second-order valence-corrected chi connectivity index (χ2v) is 10.3. The number of ether oxygens (including phenoxy) is 2. The highest BCUT2D eigenvalue weighted by Gasteiger charge is 2.29. The van der Waals surface area contributed by atoms with Gasteiger partial charge in [-0.15, -0.1) is 0 Å². The molecule has 7 nitrogen and oxygen atoms in total. The normalized spacial score (nSPS) is 12.1. The molecule has 3 aromatic carbocycles.